The molecular formula is C15H17ClN2O2. The molecule has 0 bridgehead atoms. The molecule has 106 valence electrons. The van der Waals surface area contributed by atoms with Gasteiger partial charge in [-0.2, -0.15) is 0 Å². The zero-order valence-electron chi connectivity index (χ0n) is 11.3. The van der Waals surface area contributed by atoms with E-state index in [0.29, 0.717) is 16.3 Å². The molecule has 2 aliphatic rings. The fraction of sp³-hybridized carbons (Fsp3) is 0.467. The Hall–Kier alpha value is -1.55. The van der Waals surface area contributed by atoms with E-state index < -0.39 is 0 Å². The Morgan fingerprint density at radius 3 is 2.55 bits per heavy atom. The second kappa shape index (κ2) is 5.09. The van der Waals surface area contributed by atoms with Gasteiger partial charge in [0, 0.05) is 18.5 Å². The Balaban J connectivity index is 1.72. The third-order valence-electron chi connectivity index (χ3n) is 4.33. The van der Waals surface area contributed by atoms with Gasteiger partial charge in [-0.05, 0) is 49.3 Å². The maximum atomic E-state index is 12.2. The van der Waals surface area contributed by atoms with E-state index in [-0.39, 0.29) is 17.7 Å². The molecule has 0 radical (unpaired) electrons. The van der Waals surface area contributed by atoms with Crippen LogP contribution in [-0.2, 0) is 4.79 Å². The van der Waals surface area contributed by atoms with Crippen LogP contribution in [0.2, 0.25) is 5.02 Å². The highest BCUT2D eigenvalue weighted by molar-refractivity contribution is 6.33. The zero-order valence-corrected chi connectivity index (χ0v) is 12.0. The van der Waals surface area contributed by atoms with Crippen molar-refractivity contribution >= 4 is 29.1 Å². The molecule has 1 aromatic rings. The lowest BCUT2D eigenvalue weighted by Gasteiger charge is -2.14. The molecule has 2 saturated carbocycles. The van der Waals surface area contributed by atoms with Crippen LogP contribution in [0, 0.1) is 17.8 Å². The summed E-state index contributed by atoms with van der Waals surface area (Å²) in [4.78, 5) is 23.8. The van der Waals surface area contributed by atoms with Gasteiger partial charge in [0.15, 0.2) is 0 Å². The van der Waals surface area contributed by atoms with Gasteiger partial charge in [-0.15, -0.1) is 0 Å². The molecule has 1 aromatic carbocycles. The molecule has 0 heterocycles. The van der Waals surface area contributed by atoms with Crippen molar-refractivity contribution in [1.82, 2.24) is 5.32 Å². The van der Waals surface area contributed by atoms with Crippen LogP contribution in [0.3, 0.4) is 0 Å². The number of hydrogen-bond donors (Lipinski definition) is 2. The van der Waals surface area contributed by atoms with E-state index >= 15 is 0 Å². The van der Waals surface area contributed by atoms with Crippen LogP contribution in [0.5, 0.6) is 0 Å². The lowest BCUT2D eigenvalue weighted by atomic mass is 10.0. The van der Waals surface area contributed by atoms with Gasteiger partial charge in [0.2, 0.25) is 5.91 Å². The Kier molecular flexibility index (Phi) is 3.42. The zero-order chi connectivity index (χ0) is 14.3. The van der Waals surface area contributed by atoms with Crippen molar-refractivity contribution in [2.75, 3.05) is 12.4 Å². The van der Waals surface area contributed by atoms with Crippen molar-refractivity contribution in [3.05, 3.63) is 28.8 Å². The quantitative estimate of drug-likeness (QED) is 0.900. The maximum absolute atomic E-state index is 12.2. The van der Waals surface area contributed by atoms with Gasteiger partial charge in [0.05, 0.1) is 10.7 Å². The number of anilines is 1. The number of amides is 2. The van der Waals surface area contributed by atoms with Gasteiger partial charge in [-0.25, -0.2) is 0 Å². The summed E-state index contributed by atoms with van der Waals surface area (Å²) in [5, 5.41) is 5.87. The first-order valence-corrected chi connectivity index (χ1v) is 7.28. The molecule has 0 spiro atoms. The smallest absolute Gasteiger partial charge is 0.251 e. The van der Waals surface area contributed by atoms with E-state index in [2.05, 4.69) is 10.6 Å². The van der Waals surface area contributed by atoms with E-state index in [9.17, 15) is 9.59 Å². The summed E-state index contributed by atoms with van der Waals surface area (Å²) in [6, 6.07) is 4.89. The van der Waals surface area contributed by atoms with Gasteiger partial charge >= 0.3 is 0 Å². The number of rotatable bonds is 3. The summed E-state index contributed by atoms with van der Waals surface area (Å²) in [6.45, 7) is 0. The number of benzene rings is 1. The predicted molar refractivity (Wildman–Crippen MR) is 77.8 cm³/mol. The van der Waals surface area contributed by atoms with Crippen molar-refractivity contribution < 1.29 is 9.59 Å². The summed E-state index contributed by atoms with van der Waals surface area (Å²) in [5.74, 6) is 1.45. The lowest BCUT2D eigenvalue weighted by Crippen LogP contribution is -2.22. The van der Waals surface area contributed by atoms with Crippen LogP contribution in [-0.4, -0.2) is 18.9 Å². The average molecular weight is 293 g/mol. The van der Waals surface area contributed by atoms with Crippen LogP contribution in [0.4, 0.5) is 5.69 Å². The normalized spacial score (nSPS) is 26.8. The fourth-order valence-corrected chi connectivity index (χ4v) is 3.24. The number of hydrogen-bond acceptors (Lipinski definition) is 2. The molecule has 2 N–H and O–H groups in total. The van der Waals surface area contributed by atoms with Crippen molar-refractivity contribution in [2.24, 2.45) is 17.8 Å². The SMILES string of the molecule is CNC(=O)c1ccc(Cl)c(NC(=O)C2CC3CC3C2)c1. The minimum atomic E-state index is -0.195. The molecule has 20 heavy (non-hydrogen) atoms. The Labute approximate surface area is 122 Å². The van der Waals surface area contributed by atoms with Crippen molar-refractivity contribution in [3.8, 4) is 0 Å². The molecule has 0 saturated heterocycles. The first-order chi connectivity index (χ1) is 9.58. The highest BCUT2D eigenvalue weighted by Crippen LogP contribution is 2.54. The number of carbonyl (C=O) groups is 2. The standard InChI is InChI=1S/C15H17ClN2O2/c1-17-14(19)8-2-3-12(16)13(7-8)18-15(20)11-5-9-4-10(9)6-11/h2-3,7,9-11H,4-6H2,1H3,(H,17,19)(H,18,20). The molecular weight excluding hydrogens is 276 g/mol. The molecule has 0 aliphatic heterocycles. The molecule has 5 heteroatoms. The van der Waals surface area contributed by atoms with Gasteiger partial charge < -0.3 is 10.6 Å². The van der Waals surface area contributed by atoms with Gasteiger partial charge in [-0.3, -0.25) is 9.59 Å². The second-order valence-corrected chi connectivity index (χ2v) is 6.09. The number of fused-ring (bicyclic) bond motifs is 1. The number of carbonyl (C=O) groups excluding carboxylic acids is 2. The summed E-state index contributed by atoms with van der Waals surface area (Å²) < 4.78 is 0. The minimum Gasteiger partial charge on any atom is -0.355 e. The fourth-order valence-electron chi connectivity index (χ4n) is 3.07. The van der Waals surface area contributed by atoms with Gasteiger partial charge in [0.25, 0.3) is 5.91 Å². The molecule has 2 amide bonds. The van der Waals surface area contributed by atoms with Gasteiger partial charge in [-0.1, -0.05) is 11.6 Å². The van der Waals surface area contributed by atoms with Crippen molar-refractivity contribution in [1.29, 1.82) is 0 Å². The maximum Gasteiger partial charge on any atom is 0.251 e. The summed E-state index contributed by atoms with van der Waals surface area (Å²) in [5.41, 5.74) is 1.000. The molecule has 0 aromatic heterocycles. The van der Waals surface area contributed by atoms with Crippen LogP contribution < -0.4 is 10.6 Å². The second-order valence-electron chi connectivity index (χ2n) is 5.69. The number of halogens is 1. The van der Waals surface area contributed by atoms with E-state index in [4.69, 9.17) is 11.6 Å². The summed E-state index contributed by atoms with van der Waals surface area (Å²) in [7, 11) is 1.57. The van der Waals surface area contributed by atoms with Crippen molar-refractivity contribution in [2.45, 2.75) is 19.3 Å². The molecule has 3 rings (SSSR count). The number of nitrogens with one attached hydrogen (secondary N) is 2. The summed E-state index contributed by atoms with van der Waals surface area (Å²) in [6.07, 6.45) is 3.27. The first kappa shape index (κ1) is 13.4. The minimum absolute atomic E-state index is 0.0214. The lowest BCUT2D eigenvalue weighted by molar-refractivity contribution is -0.120. The Morgan fingerprint density at radius 1 is 1.20 bits per heavy atom. The molecule has 4 nitrogen and oxygen atoms in total. The largest absolute Gasteiger partial charge is 0.355 e. The highest BCUT2D eigenvalue weighted by atomic mass is 35.5. The van der Waals surface area contributed by atoms with Crippen LogP contribution >= 0.6 is 11.6 Å². The third-order valence-corrected chi connectivity index (χ3v) is 4.66. The van der Waals surface area contributed by atoms with Crippen LogP contribution in [0.15, 0.2) is 18.2 Å². The molecule has 2 atom stereocenters. The Bertz CT molecular complexity index is 563. The summed E-state index contributed by atoms with van der Waals surface area (Å²) >= 11 is 6.09. The molecule has 2 aliphatic carbocycles. The molecule has 2 fully saturated rings. The van der Waals surface area contributed by atoms with Gasteiger partial charge in [0.1, 0.15) is 0 Å². The Morgan fingerprint density at radius 2 is 1.90 bits per heavy atom. The topological polar surface area (TPSA) is 58.2 Å². The van der Waals surface area contributed by atoms with E-state index in [1.165, 1.54) is 6.42 Å². The van der Waals surface area contributed by atoms with E-state index in [0.717, 1.165) is 24.7 Å². The highest BCUT2D eigenvalue weighted by Gasteiger charge is 2.48. The van der Waals surface area contributed by atoms with Crippen LogP contribution in [0.25, 0.3) is 0 Å². The van der Waals surface area contributed by atoms with E-state index in [1.54, 1.807) is 25.2 Å². The average Bonchev–Trinajstić information content (AvgIpc) is 3.06. The van der Waals surface area contributed by atoms with E-state index in [1.807, 2.05) is 0 Å². The molecule has 2 unspecified atom stereocenters. The van der Waals surface area contributed by atoms with Crippen molar-refractivity contribution in [3.63, 3.8) is 0 Å². The third kappa shape index (κ3) is 2.52. The van der Waals surface area contributed by atoms with Crippen LogP contribution in [0.1, 0.15) is 29.6 Å². The predicted octanol–water partition coefficient (Wildman–Crippen LogP) is 2.68. The first-order valence-electron chi connectivity index (χ1n) is 6.91. The monoisotopic (exact) mass is 292 g/mol.